The number of primary sulfonamides is 1. The van der Waals surface area contributed by atoms with Gasteiger partial charge in [0.2, 0.25) is 10.0 Å². The Bertz CT molecular complexity index is 458. The largest absolute Gasteiger partial charge is 0.707 e. The van der Waals surface area contributed by atoms with Crippen LogP contribution in [0.2, 0.25) is 0 Å². The first-order chi connectivity index (χ1) is 6.80. The molecule has 0 spiro atoms. The zero-order valence-corrected chi connectivity index (χ0v) is 8.73. The Morgan fingerprint density at radius 3 is 2.40 bits per heavy atom. The Morgan fingerprint density at radius 1 is 1.40 bits per heavy atom. The zero-order chi connectivity index (χ0) is 11.6. The highest BCUT2D eigenvalue weighted by atomic mass is 32.2. The van der Waals surface area contributed by atoms with Crippen molar-refractivity contribution < 1.29 is 23.1 Å². The molecule has 0 bridgehead atoms. The number of hydrogen-bond donors (Lipinski definition) is 3. The van der Waals surface area contributed by atoms with Crippen LogP contribution in [0.4, 0.5) is 0 Å². The normalized spacial score (nSPS) is 11.2. The minimum absolute atomic E-state index is 0.0558. The molecule has 0 saturated heterocycles. The molecule has 0 amide bonds. The summed E-state index contributed by atoms with van der Waals surface area (Å²) in [6.45, 7) is 1.56. The number of sulfonamides is 1. The van der Waals surface area contributed by atoms with Gasteiger partial charge in [0, 0.05) is 0 Å². The van der Waals surface area contributed by atoms with Gasteiger partial charge >= 0.3 is 7.32 Å². The predicted molar refractivity (Wildman–Crippen MR) is 53.4 cm³/mol. The quantitative estimate of drug-likeness (QED) is 0.577. The Balaban J connectivity index is 3.09. The fraction of sp³-hybridized carbons (Fsp3) is 0.143. The molecule has 0 fully saturated rings. The third kappa shape index (κ3) is 3.20. The summed E-state index contributed by atoms with van der Waals surface area (Å²) in [6.07, 6.45) is 0. The van der Waals surface area contributed by atoms with Crippen LogP contribution in [0, 0.1) is 6.92 Å². The molecule has 0 unspecified atom stereocenters. The Morgan fingerprint density at radius 2 is 2.00 bits per heavy atom. The van der Waals surface area contributed by atoms with Gasteiger partial charge in [-0.3, -0.25) is 0 Å². The van der Waals surface area contributed by atoms with Crippen molar-refractivity contribution in [2.24, 2.45) is 5.14 Å². The van der Waals surface area contributed by atoms with Crippen molar-refractivity contribution in [1.29, 1.82) is 0 Å². The zero-order valence-electron chi connectivity index (χ0n) is 7.91. The molecule has 8 heteroatoms. The molecule has 6 nitrogen and oxygen atoms in total. The maximum atomic E-state index is 11.0. The highest BCUT2D eigenvalue weighted by Crippen LogP contribution is 2.21. The van der Waals surface area contributed by atoms with Crippen molar-refractivity contribution >= 4 is 17.3 Å². The maximum absolute atomic E-state index is 11.0. The molecule has 15 heavy (non-hydrogen) atoms. The summed E-state index contributed by atoms with van der Waals surface area (Å²) in [5, 5.41) is 22.0. The Labute approximate surface area is 87.5 Å². The van der Waals surface area contributed by atoms with E-state index in [2.05, 4.69) is 4.65 Å². The lowest BCUT2D eigenvalue weighted by atomic mass is 10.2. The van der Waals surface area contributed by atoms with Crippen LogP contribution in [0.15, 0.2) is 23.1 Å². The van der Waals surface area contributed by atoms with Crippen molar-refractivity contribution in [1.82, 2.24) is 0 Å². The molecule has 0 atom stereocenters. The third-order valence-corrected chi connectivity index (χ3v) is 2.62. The van der Waals surface area contributed by atoms with E-state index < -0.39 is 17.3 Å². The molecule has 1 rings (SSSR count). The number of aryl methyl sites for hydroxylation is 1. The van der Waals surface area contributed by atoms with Crippen LogP contribution in [0.1, 0.15) is 5.56 Å². The SMILES string of the molecule is Cc1cc(S(N)(=O)=O)ccc1OB(O)O. The molecule has 0 aliphatic rings. The van der Waals surface area contributed by atoms with Gasteiger partial charge in [-0.15, -0.1) is 0 Å². The number of hydrogen-bond acceptors (Lipinski definition) is 5. The molecular formula is C7H10BNO5S. The molecule has 82 valence electrons. The minimum Gasteiger partial charge on any atom is -0.512 e. The standard InChI is InChI=1S/C7H10BNO5S/c1-5-4-6(15(9,12)13)2-3-7(5)14-8(10)11/h2-4,10-11H,1H3,(H2,9,12,13). The second kappa shape index (κ2) is 4.19. The predicted octanol–water partition coefficient (Wildman–Crippen LogP) is -1.01. The lowest BCUT2D eigenvalue weighted by molar-refractivity contribution is 0.287. The van der Waals surface area contributed by atoms with Crippen molar-refractivity contribution in [3.05, 3.63) is 23.8 Å². The molecule has 4 N–H and O–H groups in total. The topological polar surface area (TPSA) is 110 Å². The summed E-state index contributed by atoms with van der Waals surface area (Å²) in [7, 11) is -5.69. The van der Waals surface area contributed by atoms with Crippen molar-refractivity contribution in [2.75, 3.05) is 0 Å². The van der Waals surface area contributed by atoms with E-state index >= 15 is 0 Å². The summed E-state index contributed by atoms with van der Waals surface area (Å²) in [4.78, 5) is -0.0558. The summed E-state index contributed by atoms with van der Waals surface area (Å²) >= 11 is 0. The second-order valence-electron chi connectivity index (χ2n) is 2.92. The number of rotatable bonds is 3. The van der Waals surface area contributed by atoms with Crippen LogP contribution >= 0.6 is 0 Å². The van der Waals surface area contributed by atoms with Crippen LogP contribution in [-0.4, -0.2) is 25.8 Å². The summed E-state index contributed by atoms with van der Waals surface area (Å²) in [6, 6.07) is 3.81. The lowest BCUT2D eigenvalue weighted by Gasteiger charge is -2.08. The Hall–Kier alpha value is -1.09. The van der Waals surface area contributed by atoms with Gasteiger partial charge < -0.3 is 14.7 Å². The smallest absolute Gasteiger partial charge is 0.512 e. The van der Waals surface area contributed by atoms with Gasteiger partial charge in [-0.1, -0.05) is 0 Å². The van der Waals surface area contributed by atoms with Crippen LogP contribution in [0.5, 0.6) is 5.75 Å². The van der Waals surface area contributed by atoms with Gasteiger partial charge in [-0.2, -0.15) is 0 Å². The monoisotopic (exact) mass is 231 g/mol. The first-order valence-corrected chi connectivity index (χ1v) is 5.51. The fourth-order valence-corrected chi connectivity index (χ4v) is 1.64. The highest BCUT2D eigenvalue weighted by Gasteiger charge is 2.15. The van der Waals surface area contributed by atoms with Crippen LogP contribution in [0.3, 0.4) is 0 Å². The average Bonchev–Trinajstić information content (AvgIpc) is 2.05. The van der Waals surface area contributed by atoms with Gasteiger partial charge in [-0.05, 0) is 30.7 Å². The second-order valence-corrected chi connectivity index (χ2v) is 4.48. The molecule has 0 aliphatic heterocycles. The summed E-state index contributed by atoms with van der Waals surface area (Å²) in [5.74, 6) is 0.178. The number of benzene rings is 1. The van der Waals surface area contributed by atoms with Gasteiger partial charge in [0.05, 0.1) is 4.90 Å². The molecular weight excluding hydrogens is 221 g/mol. The van der Waals surface area contributed by atoms with E-state index in [0.717, 1.165) is 0 Å². The fourth-order valence-electron chi connectivity index (χ4n) is 1.04. The molecule has 0 aliphatic carbocycles. The van der Waals surface area contributed by atoms with E-state index in [4.69, 9.17) is 15.2 Å². The van der Waals surface area contributed by atoms with E-state index in [0.29, 0.717) is 5.56 Å². The molecule has 1 aromatic carbocycles. The van der Waals surface area contributed by atoms with Gasteiger partial charge in [-0.25, -0.2) is 13.6 Å². The van der Waals surface area contributed by atoms with Crippen LogP contribution in [-0.2, 0) is 10.0 Å². The lowest BCUT2D eigenvalue weighted by Crippen LogP contribution is -2.21. The van der Waals surface area contributed by atoms with Gasteiger partial charge in [0.1, 0.15) is 5.75 Å². The van der Waals surface area contributed by atoms with Gasteiger partial charge in [0.15, 0.2) is 0 Å². The molecule has 0 aromatic heterocycles. The summed E-state index contributed by atoms with van der Waals surface area (Å²) < 4.78 is 26.5. The van der Waals surface area contributed by atoms with E-state index in [-0.39, 0.29) is 10.6 Å². The molecule has 0 radical (unpaired) electrons. The first-order valence-electron chi connectivity index (χ1n) is 3.97. The van der Waals surface area contributed by atoms with Crippen molar-refractivity contribution in [3.8, 4) is 5.75 Å². The molecule has 1 aromatic rings. The minimum atomic E-state index is -3.75. The third-order valence-electron chi connectivity index (χ3n) is 1.71. The highest BCUT2D eigenvalue weighted by molar-refractivity contribution is 7.89. The Kier molecular flexibility index (Phi) is 3.35. The molecule has 0 heterocycles. The summed E-state index contributed by atoms with van der Waals surface area (Å²) in [5.41, 5.74) is 0.439. The average molecular weight is 231 g/mol. The molecule has 0 saturated carbocycles. The van der Waals surface area contributed by atoms with Crippen LogP contribution in [0.25, 0.3) is 0 Å². The first kappa shape index (κ1) is 12.0. The van der Waals surface area contributed by atoms with Crippen molar-refractivity contribution in [3.63, 3.8) is 0 Å². The van der Waals surface area contributed by atoms with E-state index in [1.165, 1.54) is 18.2 Å². The van der Waals surface area contributed by atoms with Gasteiger partial charge in [0.25, 0.3) is 0 Å². The maximum Gasteiger partial charge on any atom is 0.707 e. The van der Waals surface area contributed by atoms with E-state index in [1.54, 1.807) is 6.92 Å². The number of nitrogens with two attached hydrogens (primary N) is 1. The van der Waals surface area contributed by atoms with E-state index in [1.807, 2.05) is 0 Å². The van der Waals surface area contributed by atoms with E-state index in [9.17, 15) is 8.42 Å². The van der Waals surface area contributed by atoms with Crippen LogP contribution < -0.4 is 9.79 Å². The van der Waals surface area contributed by atoms with Crippen molar-refractivity contribution in [2.45, 2.75) is 11.8 Å².